The van der Waals surface area contributed by atoms with Crippen LogP contribution < -0.4 is 0 Å². The van der Waals surface area contributed by atoms with Crippen molar-refractivity contribution in [3.63, 3.8) is 0 Å². The monoisotopic (exact) mass is 207 g/mol. The normalized spacial score (nSPS) is 15.6. The highest BCUT2D eigenvalue weighted by atomic mass is 16.1. The van der Waals surface area contributed by atoms with Crippen molar-refractivity contribution in [3.05, 3.63) is 48.0 Å². The molecule has 0 atom stereocenters. The molecule has 0 saturated carbocycles. The second-order valence-corrected chi connectivity index (χ2v) is 3.70. The molecule has 0 N–H and O–H groups in total. The zero-order valence-corrected chi connectivity index (χ0v) is 8.55. The lowest BCUT2D eigenvalue weighted by Crippen LogP contribution is -1.84. The standard InChI is InChI=1S/C14H9NO/c16-8-7-11-9-15-13-6-5-10-3-1-2-4-12(10)14(11)13/h1-9H. The molecule has 2 heteroatoms. The molecule has 2 nitrogen and oxygen atoms in total. The van der Waals surface area contributed by atoms with E-state index in [0.29, 0.717) is 0 Å². The van der Waals surface area contributed by atoms with Gasteiger partial charge in [-0.25, -0.2) is 0 Å². The van der Waals surface area contributed by atoms with E-state index in [-0.39, 0.29) is 0 Å². The van der Waals surface area contributed by atoms with Gasteiger partial charge >= 0.3 is 0 Å². The number of nitrogens with zero attached hydrogens (tertiary/aromatic N) is 1. The van der Waals surface area contributed by atoms with E-state index < -0.39 is 0 Å². The quantitative estimate of drug-likeness (QED) is 0.521. The number of benzene rings is 2. The number of aldehydes is 1. The lowest BCUT2D eigenvalue weighted by atomic mass is 9.99. The molecule has 1 heterocycles. The summed E-state index contributed by atoms with van der Waals surface area (Å²) in [6.07, 6.45) is 4.10. The summed E-state index contributed by atoms with van der Waals surface area (Å²) in [7, 11) is 0. The van der Waals surface area contributed by atoms with Crippen molar-refractivity contribution in [2.24, 2.45) is 4.99 Å². The molecule has 0 aliphatic carbocycles. The first-order valence-electron chi connectivity index (χ1n) is 5.12. The first-order chi connectivity index (χ1) is 7.90. The van der Waals surface area contributed by atoms with Crippen LogP contribution in [0.5, 0.6) is 0 Å². The van der Waals surface area contributed by atoms with Gasteiger partial charge in [0.15, 0.2) is 0 Å². The molecule has 1 aliphatic heterocycles. The largest absolute Gasteiger partial charge is 0.299 e. The number of fused-ring (bicyclic) bond motifs is 3. The molecular weight excluding hydrogens is 198 g/mol. The van der Waals surface area contributed by atoms with E-state index in [2.05, 4.69) is 23.2 Å². The molecule has 0 radical (unpaired) electrons. The maximum absolute atomic E-state index is 10.6. The van der Waals surface area contributed by atoms with Gasteiger partial charge in [-0.15, -0.1) is 0 Å². The molecule has 0 aromatic heterocycles. The van der Waals surface area contributed by atoms with E-state index in [0.717, 1.165) is 28.5 Å². The van der Waals surface area contributed by atoms with Crippen LogP contribution in [0.4, 0.5) is 5.69 Å². The van der Waals surface area contributed by atoms with E-state index in [1.165, 1.54) is 5.39 Å². The molecule has 0 amide bonds. The van der Waals surface area contributed by atoms with Crippen molar-refractivity contribution in [1.29, 1.82) is 0 Å². The first kappa shape index (κ1) is 9.04. The molecule has 1 aliphatic rings. The molecule has 2 aromatic rings. The fraction of sp³-hybridized carbons (Fsp3) is 0. The van der Waals surface area contributed by atoms with Gasteiger partial charge in [-0.2, -0.15) is 0 Å². The third-order valence-electron chi connectivity index (χ3n) is 2.79. The Balaban J connectivity index is 2.40. The third kappa shape index (κ3) is 1.20. The lowest BCUT2D eigenvalue weighted by Gasteiger charge is -2.04. The fourth-order valence-electron chi connectivity index (χ4n) is 2.07. The second-order valence-electron chi connectivity index (χ2n) is 3.70. The Labute approximate surface area is 92.9 Å². The number of hydrogen-bond acceptors (Lipinski definition) is 2. The Hall–Kier alpha value is -2.22. The van der Waals surface area contributed by atoms with Crippen molar-refractivity contribution in [1.82, 2.24) is 0 Å². The van der Waals surface area contributed by atoms with Gasteiger partial charge in [0.25, 0.3) is 0 Å². The molecule has 16 heavy (non-hydrogen) atoms. The lowest BCUT2D eigenvalue weighted by molar-refractivity contribution is -0.104. The van der Waals surface area contributed by atoms with Crippen LogP contribution in [0.25, 0.3) is 16.3 Å². The molecule has 3 rings (SSSR count). The highest BCUT2D eigenvalue weighted by Crippen LogP contribution is 2.36. The summed E-state index contributed by atoms with van der Waals surface area (Å²) in [6, 6.07) is 12.2. The van der Waals surface area contributed by atoms with E-state index in [1.54, 1.807) is 12.3 Å². The summed E-state index contributed by atoms with van der Waals surface area (Å²) in [5, 5.41) is 2.31. The topological polar surface area (TPSA) is 29.4 Å². The predicted octanol–water partition coefficient (Wildman–Crippen LogP) is 3.14. The minimum Gasteiger partial charge on any atom is -0.299 e. The zero-order valence-electron chi connectivity index (χ0n) is 8.55. The SMILES string of the molecule is O=CC=C1C=Nc2ccc3ccccc3c21. The number of aliphatic imine (C=N–C) groups is 1. The Morgan fingerprint density at radius 1 is 1.06 bits per heavy atom. The van der Waals surface area contributed by atoms with Gasteiger partial charge in [0.1, 0.15) is 6.29 Å². The first-order valence-corrected chi connectivity index (χ1v) is 5.12. The van der Waals surface area contributed by atoms with Crippen molar-refractivity contribution in [2.45, 2.75) is 0 Å². The van der Waals surface area contributed by atoms with Gasteiger partial charge in [0.05, 0.1) is 5.69 Å². The third-order valence-corrected chi connectivity index (χ3v) is 2.79. The molecule has 0 fully saturated rings. The highest BCUT2D eigenvalue weighted by molar-refractivity contribution is 6.23. The smallest absolute Gasteiger partial charge is 0.143 e. The summed E-state index contributed by atoms with van der Waals surface area (Å²) in [6.45, 7) is 0. The van der Waals surface area contributed by atoms with Gasteiger partial charge in [0, 0.05) is 17.4 Å². The van der Waals surface area contributed by atoms with E-state index in [1.807, 2.05) is 18.2 Å². The van der Waals surface area contributed by atoms with Crippen LogP contribution in [0.1, 0.15) is 5.56 Å². The van der Waals surface area contributed by atoms with Crippen LogP contribution in [-0.2, 0) is 4.79 Å². The molecule has 0 spiro atoms. The Morgan fingerprint density at radius 3 is 2.81 bits per heavy atom. The van der Waals surface area contributed by atoms with E-state index in [4.69, 9.17) is 0 Å². The van der Waals surface area contributed by atoms with Gasteiger partial charge < -0.3 is 0 Å². The molecule has 0 unspecified atom stereocenters. The maximum Gasteiger partial charge on any atom is 0.143 e. The number of carbonyl (C=O) groups is 1. The predicted molar refractivity (Wildman–Crippen MR) is 66.1 cm³/mol. The van der Waals surface area contributed by atoms with Crippen LogP contribution in [0.3, 0.4) is 0 Å². The van der Waals surface area contributed by atoms with Crippen molar-refractivity contribution in [2.75, 3.05) is 0 Å². The van der Waals surface area contributed by atoms with Gasteiger partial charge in [0.2, 0.25) is 0 Å². The van der Waals surface area contributed by atoms with Crippen LogP contribution in [0, 0.1) is 0 Å². The molecule has 0 saturated heterocycles. The Kier molecular flexibility index (Phi) is 1.93. The van der Waals surface area contributed by atoms with Crippen LogP contribution in [-0.4, -0.2) is 12.5 Å². The number of rotatable bonds is 1. The van der Waals surface area contributed by atoms with Gasteiger partial charge in [-0.05, 0) is 22.9 Å². The molecular formula is C14H9NO. The number of carbonyl (C=O) groups excluding carboxylic acids is 1. The second kappa shape index (κ2) is 3.42. The van der Waals surface area contributed by atoms with Crippen LogP contribution in [0.15, 0.2) is 47.5 Å². The van der Waals surface area contributed by atoms with Crippen molar-refractivity contribution < 1.29 is 4.79 Å². The van der Waals surface area contributed by atoms with E-state index >= 15 is 0 Å². The minimum atomic E-state index is 0.804. The molecule has 76 valence electrons. The van der Waals surface area contributed by atoms with Gasteiger partial charge in [-0.3, -0.25) is 9.79 Å². The zero-order chi connectivity index (χ0) is 11.0. The summed E-state index contributed by atoms with van der Waals surface area (Å²) >= 11 is 0. The fourth-order valence-corrected chi connectivity index (χ4v) is 2.07. The Bertz CT molecular complexity index is 638. The van der Waals surface area contributed by atoms with Crippen molar-refractivity contribution in [3.8, 4) is 0 Å². The summed E-state index contributed by atoms with van der Waals surface area (Å²) < 4.78 is 0. The average molecular weight is 207 g/mol. The van der Waals surface area contributed by atoms with Gasteiger partial charge in [-0.1, -0.05) is 30.3 Å². The Morgan fingerprint density at radius 2 is 1.94 bits per heavy atom. The summed E-state index contributed by atoms with van der Waals surface area (Å²) in [5.74, 6) is 0. The summed E-state index contributed by atoms with van der Waals surface area (Å²) in [5.41, 5.74) is 2.89. The molecule has 2 aromatic carbocycles. The number of hydrogen-bond donors (Lipinski definition) is 0. The summed E-state index contributed by atoms with van der Waals surface area (Å²) in [4.78, 5) is 14.9. The van der Waals surface area contributed by atoms with Crippen LogP contribution >= 0.6 is 0 Å². The highest BCUT2D eigenvalue weighted by Gasteiger charge is 2.14. The van der Waals surface area contributed by atoms with Crippen molar-refractivity contribution >= 4 is 34.5 Å². The average Bonchev–Trinajstić information content (AvgIpc) is 2.73. The van der Waals surface area contributed by atoms with Crippen LogP contribution in [0.2, 0.25) is 0 Å². The minimum absolute atomic E-state index is 0.804. The molecule has 0 bridgehead atoms. The van der Waals surface area contributed by atoms with E-state index in [9.17, 15) is 4.79 Å². The number of allylic oxidation sites excluding steroid dienone is 2. The maximum atomic E-state index is 10.6.